The molecule has 2 aromatic carbocycles. The molecule has 7 nitrogen and oxygen atoms in total. The number of anilines is 1. The fourth-order valence-electron chi connectivity index (χ4n) is 5.22. The van der Waals surface area contributed by atoms with Gasteiger partial charge in [-0.3, -0.25) is 13.9 Å². The molecule has 2 amide bonds. The monoisotopic (exact) mass is 541 g/mol. The normalized spacial score (nSPS) is 15.1. The van der Waals surface area contributed by atoms with E-state index in [0.29, 0.717) is 25.1 Å². The summed E-state index contributed by atoms with van der Waals surface area (Å²) in [5.41, 5.74) is 3.62. The highest BCUT2D eigenvalue weighted by Gasteiger charge is 2.30. The summed E-state index contributed by atoms with van der Waals surface area (Å²) in [7, 11) is -3.51. The predicted octanol–water partition coefficient (Wildman–Crippen LogP) is 5.11. The first-order chi connectivity index (χ1) is 18.1. The number of hydrogen-bond donors (Lipinski definition) is 1. The maximum atomic E-state index is 13.7. The van der Waals surface area contributed by atoms with Crippen molar-refractivity contribution < 1.29 is 18.0 Å². The van der Waals surface area contributed by atoms with Crippen LogP contribution < -0.4 is 9.62 Å². The Labute approximate surface area is 228 Å². The van der Waals surface area contributed by atoms with Gasteiger partial charge >= 0.3 is 0 Å². The summed E-state index contributed by atoms with van der Waals surface area (Å²) >= 11 is 0. The topological polar surface area (TPSA) is 86.8 Å². The van der Waals surface area contributed by atoms with Gasteiger partial charge in [-0.2, -0.15) is 0 Å². The zero-order chi connectivity index (χ0) is 27.7. The number of carbonyl (C=O) groups is 2. The average Bonchev–Trinajstić information content (AvgIpc) is 2.87. The van der Waals surface area contributed by atoms with E-state index in [1.54, 1.807) is 11.0 Å². The van der Waals surface area contributed by atoms with E-state index in [-0.39, 0.29) is 30.8 Å². The Kier molecular flexibility index (Phi) is 10.8. The number of nitrogens with zero attached hydrogens (tertiary/aromatic N) is 2. The lowest BCUT2D eigenvalue weighted by Crippen LogP contribution is -2.51. The number of benzene rings is 2. The number of aryl methyl sites for hydroxylation is 2. The van der Waals surface area contributed by atoms with Crippen LogP contribution in [0.4, 0.5) is 5.69 Å². The molecule has 3 rings (SSSR count). The van der Waals surface area contributed by atoms with Gasteiger partial charge in [-0.1, -0.05) is 62.6 Å². The van der Waals surface area contributed by atoms with Crippen LogP contribution in [-0.2, 0) is 26.2 Å². The molecular weight excluding hydrogens is 498 g/mol. The molecule has 1 aliphatic rings. The summed E-state index contributed by atoms with van der Waals surface area (Å²) < 4.78 is 26.4. The minimum absolute atomic E-state index is 0.0983. The predicted molar refractivity (Wildman–Crippen MR) is 153 cm³/mol. The molecule has 1 atom stereocenters. The van der Waals surface area contributed by atoms with Gasteiger partial charge in [-0.15, -0.1) is 0 Å². The van der Waals surface area contributed by atoms with E-state index in [1.807, 2.05) is 63.2 Å². The third kappa shape index (κ3) is 8.32. The summed E-state index contributed by atoms with van der Waals surface area (Å²) in [4.78, 5) is 28.7. The van der Waals surface area contributed by atoms with Gasteiger partial charge in [-0.05, 0) is 68.4 Å². The second-order valence-electron chi connectivity index (χ2n) is 10.5. The smallest absolute Gasteiger partial charge is 0.243 e. The van der Waals surface area contributed by atoms with E-state index in [4.69, 9.17) is 0 Å². The van der Waals surface area contributed by atoms with E-state index in [2.05, 4.69) is 5.32 Å². The molecular formula is C30H43N3O4S. The highest BCUT2D eigenvalue weighted by atomic mass is 32.2. The highest BCUT2D eigenvalue weighted by molar-refractivity contribution is 7.92. The molecule has 0 bridgehead atoms. The van der Waals surface area contributed by atoms with Crippen LogP contribution in [0.1, 0.15) is 75.0 Å². The molecule has 1 fully saturated rings. The molecule has 208 valence electrons. The van der Waals surface area contributed by atoms with Crippen LogP contribution in [0.3, 0.4) is 0 Å². The lowest BCUT2D eigenvalue weighted by atomic mass is 9.95. The number of hydrogen-bond acceptors (Lipinski definition) is 4. The second kappa shape index (κ2) is 13.8. The SMILES string of the molecule is CC[C@@H](C(=O)NC1CCCCC1)N(Cc1ccccc1C)C(=O)CCCN(c1cccc(C)c1)S(C)(=O)=O. The van der Waals surface area contributed by atoms with Gasteiger partial charge in [0, 0.05) is 25.6 Å². The molecule has 0 saturated heterocycles. The Bertz CT molecular complexity index is 1190. The molecule has 38 heavy (non-hydrogen) atoms. The maximum Gasteiger partial charge on any atom is 0.243 e. The zero-order valence-electron chi connectivity index (χ0n) is 23.3. The van der Waals surface area contributed by atoms with Crippen LogP contribution >= 0.6 is 0 Å². The quantitative estimate of drug-likeness (QED) is 0.405. The molecule has 0 heterocycles. The van der Waals surface area contributed by atoms with E-state index in [0.717, 1.165) is 42.4 Å². The van der Waals surface area contributed by atoms with Crippen LogP contribution in [0.2, 0.25) is 0 Å². The zero-order valence-corrected chi connectivity index (χ0v) is 24.1. The van der Waals surface area contributed by atoms with Gasteiger partial charge in [0.1, 0.15) is 6.04 Å². The minimum Gasteiger partial charge on any atom is -0.352 e. The first-order valence-corrected chi connectivity index (χ1v) is 15.6. The van der Waals surface area contributed by atoms with Gasteiger partial charge in [0.2, 0.25) is 21.8 Å². The van der Waals surface area contributed by atoms with Crippen molar-refractivity contribution in [2.45, 2.75) is 90.8 Å². The van der Waals surface area contributed by atoms with E-state index in [1.165, 1.54) is 17.0 Å². The van der Waals surface area contributed by atoms with E-state index < -0.39 is 16.1 Å². The fourth-order valence-corrected chi connectivity index (χ4v) is 6.18. The third-order valence-corrected chi connectivity index (χ3v) is 8.58. The highest BCUT2D eigenvalue weighted by Crippen LogP contribution is 2.22. The lowest BCUT2D eigenvalue weighted by Gasteiger charge is -2.33. The molecule has 1 saturated carbocycles. The van der Waals surface area contributed by atoms with Crippen molar-refractivity contribution in [1.82, 2.24) is 10.2 Å². The molecule has 0 aliphatic heterocycles. The Morgan fingerprint density at radius 3 is 2.37 bits per heavy atom. The average molecular weight is 542 g/mol. The Balaban J connectivity index is 1.76. The van der Waals surface area contributed by atoms with Crippen molar-refractivity contribution in [3.63, 3.8) is 0 Å². The molecule has 1 N–H and O–H groups in total. The molecule has 0 radical (unpaired) electrons. The van der Waals surface area contributed by atoms with Crippen molar-refractivity contribution in [3.8, 4) is 0 Å². The summed E-state index contributed by atoms with van der Waals surface area (Å²) in [6.07, 6.45) is 7.59. The van der Waals surface area contributed by atoms with Crippen LogP contribution in [0.15, 0.2) is 48.5 Å². The minimum atomic E-state index is -3.51. The lowest BCUT2D eigenvalue weighted by molar-refractivity contribution is -0.141. The Morgan fingerprint density at radius 1 is 1.03 bits per heavy atom. The number of sulfonamides is 1. The van der Waals surface area contributed by atoms with E-state index >= 15 is 0 Å². The largest absolute Gasteiger partial charge is 0.352 e. The van der Waals surface area contributed by atoms with Crippen molar-refractivity contribution >= 4 is 27.5 Å². The van der Waals surface area contributed by atoms with Crippen molar-refractivity contribution in [2.75, 3.05) is 17.1 Å². The standard InChI is InChI=1S/C30H43N3O4S/c1-5-28(30(35)31-26-16-7-6-8-17-26)32(22-25-15-10-9-14-24(25)3)29(34)19-12-20-33(38(4,36)37)27-18-11-13-23(2)21-27/h9-11,13-15,18,21,26,28H,5-8,12,16-17,19-20,22H2,1-4H3,(H,31,35)/t28-/m0/s1. The van der Waals surface area contributed by atoms with Gasteiger partial charge in [0.15, 0.2) is 0 Å². The number of amides is 2. The van der Waals surface area contributed by atoms with Crippen LogP contribution in [0.25, 0.3) is 0 Å². The third-order valence-electron chi connectivity index (χ3n) is 7.38. The van der Waals surface area contributed by atoms with Gasteiger partial charge in [0.25, 0.3) is 0 Å². The summed E-state index contributed by atoms with van der Waals surface area (Å²) in [5, 5.41) is 3.21. The summed E-state index contributed by atoms with van der Waals surface area (Å²) in [6.45, 7) is 6.40. The molecule has 0 spiro atoms. The molecule has 0 aromatic heterocycles. The second-order valence-corrected chi connectivity index (χ2v) is 12.4. The van der Waals surface area contributed by atoms with Crippen molar-refractivity contribution in [2.24, 2.45) is 0 Å². The van der Waals surface area contributed by atoms with Gasteiger partial charge in [-0.25, -0.2) is 8.42 Å². The summed E-state index contributed by atoms with van der Waals surface area (Å²) in [5.74, 6) is -0.240. The Hall–Kier alpha value is -2.87. The fraction of sp³-hybridized carbons (Fsp3) is 0.533. The Morgan fingerprint density at radius 2 is 1.74 bits per heavy atom. The molecule has 1 aliphatic carbocycles. The van der Waals surface area contributed by atoms with Crippen molar-refractivity contribution in [1.29, 1.82) is 0 Å². The van der Waals surface area contributed by atoms with Crippen LogP contribution in [0, 0.1) is 13.8 Å². The first-order valence-electron chi connectivity index (χ1n) is 13.8. The first kappa shape index (κ1) is 29.7. The van der Waals surface area contributed by atoms with Gasteiger partial charge < -0.3 is 10.2 Å². The molecule has 0 unspecified atom stereocenters. The maximum absolute atomic E-state index is 13.7. The van der Waals surface area contributed by atoms with E-state index in [9.17, 15) is 18.0 Å². The number of carbonyl (C=O) groups excluding carboxylic acids is 2. The number of rotatable bonds is 12. The summed E-state index contributed by atoms with van der Waals surface area (Å²) in [6, 6.07) is 14.8. The van der Waals surface area contributed by atoms with Crippen LogP contribution in [0.5, 0.6) is 0 Å². The molecule has 8 heteroatoms. The van der Waals surface area contributed by atoms with Crippen molar-refractivity contribution in [3.05, 3.63) is 65.2 Å². The van der Waals surface area contributed by atoms with Gasteiger partial charge in [0.05, 0.1) is 11.9 Å². The number of nitrogens with one attached hydrogen (secondary N) is 1. The molecule has 2 aromatic rings. The van der Waals surface area contributed by atoms with Crippen LogP contribution in [-0.4, -0.2) is 50.0 Å².